The quantitative estimate of drug-likeness (QED) is 0.337. The molecule has 0 atom stereocenters. The smallest absolute Gasteiger partial charge is 0.208 e. The van der Waals surface area contributed by atoms with E-state index in [1.54, 1.807) is 36.4 Å². The lowest BCUT2D eigenvalue weighted by Gasteiger charge is -2.08. The molecule has 3 nitrogen and oxygen atoms in total. The molecule has 0 spiro atoms. The van der Waals surface area contributed by atoms with E-state index in [1.165, 1.54) is 0 Å². The number of hydrogen-bond donors (Lipinski definition) is 0. The summed E-state index contributed by atoms with van der Waals surface area (Å²) < 4.78 is 80.2. The first kappa shape index (κ1) is 9.77. The van der Waals surface area contributed by atoms with Gasteiger partial charge in [-0.3, -0.25) is 0 Å². The van der Waals surface area contributed by atoms with Gasteiger partial charge in [-0.05, 0) is 45.6 Å². The number of halogens is 1. The lowest BCUT2D eigenvalue weighted by molar-refractivity contribution is 1.07. The molecule has 0 bridgehead atoms. The largest absolute Gasteiger partial charge is 0.226 e. The van der Waals surface area contributed by atoms with E-state index in [9.17, 15) is 0 Å². The van der Waals surface area contributed by atoms with Crippen molar-refractivity contribution in [3.05, 3.63) is 102 Å². The molecule has 4 aromatic carbocycles. The second-order valence-electron chi connectivity index (χ2n) is 6.03. The molecule has 0 N–H and O–H groups in total. The average molecular weight is 404 g/mol. The van der Waals surface area contributed by atoms with Crippen molar-refractivity contribution < 1.29 is 13.7 Å². The number of benzene rings is 4. The van der Waals surface area contributed by atoms with Gasteiger partial charge in [0, 0.05) is 11.1 Å². The molecule has 0 amide bonds. The summed E-state index contributed by atoms with van der Waals surface area (Å²) in [7, 11) is 0. The van der Waals surface area contributed by atoms with Crippen LogP contribution in [0.3, 0.4) is 0 Å². The van der Waals surface area contributed by atoms with Gasteiger partial charge in [0.1, 0.15) is 0 Å². The maximum Gasteiger partial charge on any atom is 0.226 e. The third-order valence-corrected chi connectivity index (χ3v) is 4.39. The fourth-order valence-corrected chi connectivity index (χ4v) is 3.05. The van der Waals surface area contributed by atoms with Crippen LogP contribution in [0.2, 0.25) is 5.28 Å². The Morgan fingerprint density at radius 2 is 1.07 bits per heavy atom. The molecule has 29 heavy (non-hydrogen) atoms. The number of nitrogens with zero attached hydrogens (tertiary/aromatic N) is 3. The molecule has 4 heteroatoms. The molecule has 0 saturated heterocycles. The van der Waals surface area contributed by atoms with Gasteiger partial charge in [-0.25, -0.2) is 4.98 Å². The van der Waals surface area contributed by atoms with Crippen molar-refractivity contribution in [1.82, 2.24) is 15.0 Å². The molecule has 0 aliphatic carbocycles. The van der Waals surface area contributed by atoms with Gasteiger partial charge >= 0.3 is 0 Å². The molecular formula is C25H16ClN3. The van der Waals surface area contributed by atoms with Gasteiger partial charge in [-0.2, -0.15) is 9.97 Å². The normalized spacial score (nSPS) is 15.8. The molecule has 5 aromatic rings. The third kappa shape index (κ3) is 3.60. The van der Waals surface area contributed by atoms with E-state index in [4.69, 9.17) is 25.3 Å². The summed E-state index contributed by atoms with van der Waals surface area (Å²) in [4.78, 5) is 12.5. The van der Waals surface area contributed by atoms with Crippen LogP contribution in [-0.2, 0) is 0 Å². The zero-order chi connectivity index (χ0) is 28.3. The van der Waals surface area contributed by atoms with Crippen LogP contribution in [0.5, 0.6) is 0 Å². The van der Waals surface area contributed by atoms with Crippen molar-refractivity contribution in [2.75, 3.05) is 0 Å². The van der Waals surface area contributed by atoms with Crippen molar-refractivity contribution >= 4 is 22.4 Å². The van der Waals surface area contributed by atoms with Crippen molar-refractivity contribution in [2.45, 2.75) is 0 Å². The minimum absolute atomic E-state index is 0.0967. The lowest BCUT2D eigenvalue weighted by atomic mass is 10.00. The summed E-state index contributed by atoms with van der Waals surface area (Å²) in [6, 6.07) is 5.88. The van der Waals surface area contributed by atoms with E-state index in [-0.39, 0.29) is 40.1 Å². The molecule has 0 fully saturated rings. The van der Waals surface area contributed by atoms with Crippen LogP contribution in [0.4, 0.5) is 0 Å². The fourth-order valence-electron chi connectivity index (χ4n) is 2.89. The van der Waals surface area contributed by atoms with Gasteiger partial charge < -0.3 is 0 Å². The first-order valence-electron chi connectivity index (χ1n) is 13.5. The van der Waals surface area contributed by atoms with Crippen LogP contribution in [0.25, 0.3) is 44.7 Å². The minimum Gasteiger partial charge on any atom is -0.208 e. The fraction of sp³-hybridized carbons (Fsp3) is 0. The number of fused-ring (bicyclic) bond motifs is 1. The van der Waals surface area contributed by atoms with Gasteiger partial charge in [0.25, 0.3) is 0 Å². The molecule has 0 unspecified atom stereocenters. The molecule has 0 radical (unpaired) electrons. The Morgan fingerprint density at radius 3 is 1.72 bits per heavy atom. The highest BCUT2D eigenvalue weighted by Crippen LogP contribution is 2.28. The van der Waals surface area contributed by atoms with Gasteiger partial charge in [-0.1, -0.05) is 84.7 Å². The van der Waals surface area contributed by atoms with E-state index >= 15 is 0 Å². The van der Waals surface area contributed by atoms with Crippen molar-refractivity contribution in [2.24, 2.45) is 0 Å². The molecular weight excluding hydrogens is 378 g/mol. The van der Waals surface area contributed by atoms with E-state index in [2.05, 4.69) is 15.0 Å². The molecule has 138 valence electrons. The van der Waals surface area contributed by atoms with Crippen LogP contribution >= 0.6 is 11.6 Å². The number of hydrogen-bond acceptors (Lipinski definition) is 3. The average Bonchev–Trinajstić information content (AvgIpc) is 2.92. The molecule has 1 aromatic heterocycles. The van der Waals surface area contributed by atoms with Crippen LogP contribution in [0.15, 0.2) is 96.8 Å². The Hall–Kier alpha value is -3.56. The second kappa shape index (κ2) is 7.46. The Balaban J connectivity index is 1.62. The monoisotopic (exact) mass is 403 g/mol. The number of aromatic nitrogens is 3. The van der Waals surface area contributed by atoms with E-state index < -0.39 is 48.3 Å². The molecule has 5 rings (SSSR count). The summed E-state index contributed by atoms with van der Waals surface area (Å²) in [5, 5.41) is 1.22. The van der Waals surface area contributed by atoms with Gasteiger partial charge in [-0.15, -0.1) is 0 Å². The van der Waals surface area contributed by atoms with Crippen LogP contribution in [0, 0.1) is 0 Å². The summed E-state index contributed by atoms with van der Waals surface area (Å²) in [6.45, 7) is 0. The zero-order valence-corrected chi connectivity index (χ0v) is 15.4. The Kier molecular flexibility index (Phi) is 2.51. The molecule has 0 saturated carbocycles. The van der Waals surface area contributed by atoms with Gasteiger partial charge in [0.15, 0.2) is 11.6 Å². The first-order valence-corrected chi connectivity index (χ1v) is 8.88. The highest BCUT2D eigenvalue weighted by atomic mass is 35.5. The van der Waals surface area contributed by atoms with Crippen LogP contribution < -0.4 is 0 Å². The number of rotatable bonds is 3. The van der Waals surface area contributed by atoms with Crippen molar-refractivity contribution in [1.29, 1.82) is 0 Å². The van der Waals surface area contributed by atoms with Crippen LogP contribution in [-0.4, -0.2) is 15.0 Å². The SMILES string of the molecule is [2H]c1c([2H])c([2H])c(-c2ccc3cc(-c4nc(Cl)nc(-c5c([2H])c([2H])c([2H])c([2H])c5[2H])n4)ccc3c2)c([2H])c1[2H]. The summed E-state index contributed by atoms with van der Waals surface area (Å²) in [5.74, 6) is -0.0490. The molecule has 0 aliphatic heterocycles. The highest BCUT2D eigenvalue weighted by molar-refractivity contribution is 6.28. The van der Waals surface area contributed by atoms with Crippen molar-refractivity contribution in [3.8, 4) is 33.9 Å². The first-order chi connectivity index (χ1) is 18.4. The predicted octanol–water partition coefficient (Wildman–Crippen LogP) is 6.68. The van der Waals surface area contributed by atoms with Gasteiger partial charge in [0.05, 0.1) is 13.7 Å². The predicted molar refractivity (Wildman–Crippen MR) is 119 cm³/mol. The maximum atomic E-state index is 8.24. The van der Waals surface area contributed by atoms with E-state index in [1.807, 2.05) is 0 Å². The minimum atomic E-state index is -0.536. The zero-order valence-electron chi connectivity index (χ0n) is 24.7. The standard InChI is InChI=1S/C25H16ClN3/c26-25-28-23(18-9-5-2-6-10-18)27-24(29-25)22-14-13-20-15-19(11-12-21(20)16-22)17-7-3-1-4-8-17/h1-16H/i1D,2D,3D,4D,5D,6D,7D,8D,9D,10D. The summed E-state index contributed by atoms with van der Waals surface area (Å²) >= 11 is 6.14. The second-order valence-corrected chi connectivity index (χ2v) is 6.37. The molecule has 1 heterocycles. The van der Waals surface area contributed by atoms with Crippen LogP contribution in [0.1, 0.15) is 13.7 Å². The lowest BCUT2D eigenvalue weighted by Crippen LogP contribution is -1.97. The summed E-state index contributed by atoms with van der Waals surface area (Å²) in [5.41, 5.74) is 0.866. The Labute approximate surface area is 187 Å². The summed E-state index contributed by atoms with van der Waals surface area (Å²) in [6.07, 6.45) is 0. The van der Waals surface area contributed by atoms with Gasteiger partial charge in [0.2, 0.25) is 5.28 Å². The highest BCUT2D eigenvalue weighted by Gasteiger charge is 2.10. The van der Waals surface area contributed by atoms with Crippen molar-refractivity contribution in [3.63, 3.8) is 0 Å². The van der Waals surface area contributed by atoms with E-state index in [0.29, 0.717) is 16.5 Å². The topological polar surface area (TPSA) is 38.7 Å². The molecule has 0 aliphatic rings. The Bertz CT molecular complexity index is 1790. The van der Waals surface area contributed by atoms with E-state index in [0.717, 1.165) is 5.39 Å². The Morgan fingerprint density at radius 1 is 0.552 bits per heavy atom. The third-order valence-electron chi connectivity index (χ3n) is 4.22. The maximum absolute atomic E-state index is 8.24.